The number of hydrogen-bond acceptors (Lipinski definition) is 3. The first-order valence-electron chi connectivity index (χ1n) is 6.32. The van der Waals surface area contributed by atoms with Crippen molar-refractivity contribution in [2.45, 2.75) is 19.1 Å². The Bertz CT molecular complexity index is 485. The summed E-state index contributed by atoms with van der Waals surface area (Å²) >= 11 is 11.7. The molecule has 0 radical (unpaired) electrons. The molecule has 2 rings (SSSR count). The second-order valence-corrected chi connectivity index (χ2v) is 5.18. The average Bonchev–Trinajstić information content (AvgIpc) is 2.82. The highest BCUT2D eigenvalue weighted by molar-refractivity contribution is 6.42. The number of urea groups is 1. The molecule has 110 valence electrons. The number of amides is 2. The Morgan fingerprint density at radius 1 is 1.40 bits per heavy atom. The smallest absolute Gasteiger partial charge is 0.319 e. The van der Waals surface area contributed by atoms with Gasteiger partial charge in [-0.05, 0) is 25.1 Å². The molecule has 0 bridgehead atoms. The molecule has 0 aromatic heterocycles. The Kier molecular flexibility index (Phi) is 5.48. The molecule has 1 aromatic rings. The predicted octanol–water partition coefficient (Wildman–Crippen LogP) is 2.92. The molecule has 5 nitrogen and oxygen atoms in total. The Hall–Kier alpha value is -1.01. The van der Waals surface area contributed by atoms with Crippen LogP contribution in [-0.2, 0) is 9.47 Å². The van der Waals surface area contributed by atoms with Crippen LogP contribution in [0.25, 0.3) is 0 Å². The third-order valence-electron chi connectivity index (χ3n) is 2.90. The molecule has 2 amide bonds. The van der Waals surface area contributed by atoms with Crippen molar-refractivity contribution in [3.63, 3.8) is 0 Å². The molecule has 0 aliphatic carbocycles. The van der Waals surface area contributed by atoms with Gasteiger partial charge in [0.25, 0.3) is 0 Å². The van der Waals surface area contributed by atoms with Gasteiger partial charge in [-0.15, -0.1) is 0 Å². The first-order valence-corrected chi connectivity index (χ1v) is 7.07. The number of hydrogen-bond donors (Lipinski definition) is 2. The van der Waals surface area contributed by atoms with Gasteiger partial charge in [0.2, 0.25) is 0 Å². The normalized spacial score (nSPS) is 21.8. The second-order valence-electron chi connectivity index (χ2n) is 4.37. The maximum Gasteiger partial charge on any atom is 0.319 e. The zero-order valence-corrected chi connectivity index (χ0v) is 12.5. The van der Waals surface area contributed by atoms with Gasteiger partial charge in [0.15, 0.2) is 0 Å². The molecule has 1 aliphatic heterocycles. The minimum atomic E-state index is -0.330. The van der Waals surface area contributed by atoms with E-state index in [1.165, 1.54) is 0 Å². The van der Waals surface area contributed by atoms with Crippen LogP contribution in [0.3, 0.4) is 0 Å². The zero-order valence-electron chi connectivity index (χ0n) is 11.0. The van der Waals surface area contributed by atoms with Gasteiger partial charge >= 0.3 is 6.03 Å². The zero-order chi connectivity index (χ0) is 14.5. The summed E-state index contributed by atoms with van der Waals surface area (Å²) in [6.45, 7) is 3.43. The summed E-state index contributed by atoms with van der Waals surface area (Å²) in [5.74, 6) is 0. The van der Waals surface area contributed by atoms with Crippen molar-refractivity contribution in [2.75, 3.05) is 25.1 Å². The van der Waals surface area contributed by atoms with Gasteiger partial charge in [-0.25, -0.2) is 4.79 Å². The van der Waals surface area contributed by atoms with Gasteiger partial charge in [-0.1, -0.05) is 23.2 Å². The summed E-state index contributed by atoms with van der Waals surface area (Å²) in [6.07, 6.45) is -0.112. The van der Waals surface area contributed by atoms with E-state index in [-0.39, 0.29) is 18.2 Å². The molecular weight excluding hydrogens is 303 g/mol. The summed E-state index contributed by atoms with van der Waals surface area (Å²) in [7, 11) is 0. The molecule has 1 heterocycles. The van der Waals surface area contributed by atoms with E-state index in [1.807, 2.05) is 6.92 Å². The van der Waals surface area contributed by atoms with Crippen molar-refractivity contribution in [3.05, 3.63) is 28.2 Å². The SMILES string of the molecule is CCO[C@@H]1COC[C@H]1NC(=O)Nc1ccc(Cl)c(Cl)c1. The first-order chi connectivity index (χ1) is 9.60. The molecule has 1 fully saturated rings. The van der Waals surface area contributed by atoms with Crippen LogP contribution in [0.1, 0.15) is 6.92 Å². The maximum atomic E-state index is 11.9. The Morgan fingerprint density at radius 3 is 2.90 bits per heavy atom. The van der Waals surface area contributed by atoms with Gasteiger partial charge in [-0.2, -0.15) is 0 Å². The van der Waals surface area contributed by atoms with E-state index in [2.05, 4.69) is 10.6 Å². The van der Waals surface area contributed by atoms with Crippen molar-refractivity contribution >= 4 is 34.9 Å². The van der Waals surface area contributed by atoms with Crippen LogP contribution in [0.4, 0.5) is 10.5 Å². The molecule has 2 atom stereocenters. The molecule has 1 saturated heterocycles. The van der Waals surface area contributed by atoms with Gasteiger partial charge in [0.05, 0.1) is 29.3 Å². The van der Waals surface area contributed by atoms with E-state index in [4.69, 9.17) is 32.7 Å². The lowest BCUT2D eigenvalue weighted by molar-refractivity contribution is 0.0428. The third kappa shape index (κ3) is 3.99. The average molecular weight is 319 g/mol. The quantitative estimate of drug-likeness (QED) is 0.897. The van der Waals surface area contributed by atoms with Crippen LogP contribution in [0, 0.1) is 0 Å². The minimum Gasteiger partial charge on any atom is -0.376 e. The molecule has 0 unspecified atom stereocenters. The number of benzene rings is 1. The van der Waals surface area contributed by atoms with Crippen LogP contribution in [-0.4, -0.2) is 38.0 Å². The number of halogens is 2. The van der Waals surface area contributed by atoms with Crippen LogP contribution in [0.15, 0.2) is 18.2 Å². The second kappa shape index (κ2) is 7.13. The monoisotopic (exact) mass is 318 g/mol. The minimum absolute atomic E-state index is 0.112. The van der Waals surface area contributed by atoms with E-state index in [1.54, 1.807) is 18.2 Å². The summed E-state index contributed by atoms with van der Waals surface area (Å²) in [5, 5.41) is 6.35. The Morgan fingerprint density at radius 2 is 2.20 bits per heavy atom. The van der Waals surface area contributed by atoms with Crippen LogP contribution >= 0.6 is 23.2 Å². The first kappa shape index (κ1) is 15.4. The van der Waals surface area contributed by atoms with Crippen molar-refractivity contribution in [3.8, 4) is 0 Å². The van der Waals surface area contributed by atoms with E-state index < -0.39 is 0 Å². The number of anilines is 1. The fraction of sp³-hybridized carbons (Fsp3) is 0.462. The predicted molar refractivity (Wildman–Crippen MR) is 78.6 cm³/mol. The highest BCUT2D eigenvalue weighted by Crippen LogP contribution is 2.25. The summed E-state index contributed by atoms with van der Waals surface area (Å²) in [5.41, 5.74) is 0.573. The fourth-order valence-electron chi connectivity index (χ4n) is 1.96. The number of nitrogens with one attached hydrogen (secondary N) is 2. The summed E-state index contributed by atoms with van der Waals surface area (Å²) in [4.78, 5) is 11.9. The van der Waals surface area contributed by atoms with E-state index >= 15 is 0 Å². The highest BCUT2D eigenvalue weighted by atomic mass is 35.5. The van der Waals surface area contributed by atoms with E-state index in [9.17, 15) is 4.79 Å². The van der Waals surface area contributed by atoms with E-state index in [0.29, 0.717) is 35.6 Å². The summed E-state index contributed by atoms with van der Waals surface area (Å²) in [6, 6.07) is 4.41. The van der Waals surface area contributed by atoms with Crippen LogP contribution in [0.5, 0.6) is 0 Å². The Balaban J connectivity index is 1.90. The van der Waals surface area contributed by atoms with Gasteiger partial charge < -0.3 is 20.1 Å². The molecule has 7 heteroatoms. The highest BCUT2D eigenvalue weighted by Gasteiger charge is 2.29. The Labute approximate surface area is 127 Å². The number of carbonyl (C=O) groups excluding carboxylic acids is 1. The standard InChI is InChI=1S/C13H16Cl2N2O3/c1-2-20-12-7-19-6-11(12)17-13(18)16-8-3-4-9(14)10(15)5-8/h3-5,11-12H,2,6-7H2,1H3,(H2,16,17,18)/t11-,12-/m1/s1. The van der Waals surface area contributed by atoms with Gasteiger partial charge in [0.1, 0.15) is 6.10 Å². The number of ether oxygens (including phenoxy) is 2. The van der Waals surface area contributed by atoms with Gasteiger partial charge in [0, 0.05) is 12.3 Å². The third-order valence-corrected chi connectivity index (χ3v) is 3.64. The molecular formula is C13H16Cl2N2O3. The fourth-order valence-corrected chi connectivity index (χ4v) is 2.26. The van der Waals surface area contributed by atoms with Gasteiger partial charge in [-0.3, -0.25) is 0 Å². The molecule has 1 aliphatic rings. The van der Waals surface area contributed by atoms with Crippen molar-refractivity contribution in [1.82, 2.24) is 5.32 Å². The van der Waals surface area contributed by atoms with Crippen molar-refractivity contribution in [2.24, 2.45) is 0 Å². The number of rotatable bonds is 4. The van der Waals surface area contributed by atoms with Crippen LogP contribution in [0.2, 0.25) is 10.0 Å². The lowest BCUT2D eigenvalue weighted by atomic mass is 10.2. The number of carbonyl (C=O) groups is 1. The summed E-state index contributed by atoms with van der Waals surface area (Å²) < 4.78 is 10.8. The van der Waals surface area contributed by atoms with Crippen molar-refractivity contribution in [1.29, 1.82) is 0 Å². The topological polar surface area (TPSA) is 59.6 Å². The van der Waals surface area contributed by atoms with Crippen LogP contribution < -0.4 is 10.6 Å². The molecule has 0 spiro atoms. The molecule has 20 heavy (non-hydrogen) atoms. The maximum absolute atomic E-state index is 11.9. The molecule has 1 aromatic carbocycles. The van der Waals surface area contributed by atoms with E-state index in [0.717, 1.165) is 0 Å². The largest absolute Gasteiger partial charge is 0.376 e. The molecule has 0 saturated carbocycles. The molecule has 2 N–H and O–H groups in total. The lowest BCUT2D eigenvalue weighted by Crippen LogP contribution is -2.45. The van der Waals surface area contributed by atoms with Crippen molar-refractivity contribution < 1.29 is 14.3 Å². The lowest BCUT2D eigenvalue weighted by Gasteiger charge is -2.19.